The van der Waals surface area contributed by atoms with Gasteiger partial charge >= 0.3 is 6.18 Å². The van der Waals surface area contributed by atoms with E-state index >= 15 is 0 Å². The summed E-state index contributed by atoms with van der Waals surface area (Å²) in [5, 5.41) is 10.6. The second-order valence-electron chi connectivity index (χ2n) is 3.80. The van der Waals surface area contributed by atoms with Crippen molar-refractivity contribution >= 4 is 23.1 Å². The first-order valence-electron chi connectivity index (χ1n) is 5.38. The molecule has 2 aromatic rings. The summed E-state index contributed by atoms with van der Waals surface area (Å²) in [6, 6.07) is 5.89. The Balaban J connectivity index is 2.44. The van der Waals surface area contributed by atoms with Crippen molar-refractivity contribution in [3.8, 4) is 6.07 Å². The van der Waals surface area contributed by atoms with Crippen molar-refractivity contribution in [3.05, 3.63) is 46.6 Å². The molecule has 0 saturated heterocycles. The number of hydrogen-bond donors (Lipinski definition) is 1. The molecule has 4 nitrogen and oxygen atoms in total. The van der Waals surface area contributed by atoms with Gasteiger partial charge in [0, 0.05) is 6.07 Å². The minimum Gasteiger partial charge on any atom is -0.339 e. The molecule has 21 heavy (non-hydrogen) atoms. The number of aromatic nitrogens is 2. The van der Waals surface area contributed by atoms with Crippen LogP contribution in [0.5, 0.6) is 0 Å². The highest BCUT2D eigenvalue weighted by Crippen LogP contribution is 2.31. The van der Waals surface area contributed by atoms with E-state index in [1.807, 2.05) is 0 Å². The predicted octanol–water partition coefficient (Wildman–Crippen LogP) is 3.90. The van der Waals surface area contributed by atoms with Gasteiger partial charge in [-0.1, -0.05) is 6.07 Å². The molecule has 0 bridgehead atoms. The fraction of sp³-hybridized carbons (Fsp3) is 0.0833. The average Bonchev–Trinajstić information content (AvgIpc) is 2.37. The van der Waals surface area contributed by atoms with Crippen LogP contribution in [0.1, 0.15) is 11.3 Å². The number of anilines is 2. The lowest BCUT2D eigenvalue weighted by molar-refractivity contribution is -0.141. The maximum atomic E-state index is 13.4. The molecule has 0 aliphatic rings. The van der Waals surface area contributed by atoms with E-state index in [0.717, 1.165) is 6.07 Å². The number of nitrogens with one attached hydrogen (secondary N) is 1. The normalized spacial score (nSPS) is 11.0. The quantitative estimate of drug-likeness (QED) is 0.674. The van der Waals surface area contributed by atoms with E-state index in [1.165, 1.54) is 12.1 Å². The Labute approximate surface area is 121 Å². The number of hydrogen-bond acceptors (Lipinski definition) is 4. The van der Waals surface area contributed by atoms with Gasteiger partial charge in [0.1, 0.15) is 23.3 Å². The van der Waals surface area contributed by atoms with E-state index in [9.17, 15) is 17.6 Å². The second kappa shape index (κ2) is 5.54. The summed E-state index contributed by atoms with van der Waals surface area (Å²) >= 11 is 5.43. The lowest BCUT2D eigenvalue weighted by Crippen LogP contribution is -2.10. The van der Waals surface area contributed by atoms with Crippen molar-refractivity contribution < 1.29 is 17.6 Å². The summed E-state index contributed by atoms with van der Waals surface area (Å²) in [6.07, 6.45) is -4.71. The molecular weight excluding hydrogens is 312 g/mol. The van der Waals surface area contributed by atoms with Gasteiger partial charge in [0.05, 0.1) is 5.69 Å². The summed E-state index contributed by atoms with van der Waals surface area (Å²) in [4.78, 5) is 6.62. The number of rotatable bonds is 2. The molecule has 0 unspecified atom stereocenters. The lowest BCUT2D eigenvalue weighted by Gasteiger charge is -2.11. The van der Waals surface area contributed by atoms with Crippen LogP contribution in [0.15, 0.2) is 24.3 Å². The number of nitriles is 1. The molecule has 2 rings (SSSR count). The molecule has 0 aliphatic heterocycles. The zero-order chi connectivity index (χ0) is 15.6. The largest absolute Gasteiger partial charge is 0.433 e. The molecule has 0 saturated carbocycles. The third kappa shape index (κ3) is 3.38. The van der Waals surface area contributed by atoms with Crippen molar-refractivity contribution in [3.63, 3.8) is 0 Å². The third-order valence-corrected chi connectivity index (χ3v) is 2.55. The molecule has 1 heterocycles. The van der Waals surface area contributed by atoms with Crippen LogP contribution < -0.4 is 5.32 Å². The first kappa shape index (κ1) is 15.0. The number of halogens is 5. The van der Waals surface area contributed by atoms with Crippen LogP contribution in [0.4, 0.5) is 29.1 Å². The van der Waals surface area contributed by atoms with E-state index < -0.39 is 23.0 Å². The minimum atomic E-state index is -4.71. The molecule has 9 heteroatoms. The zero-order valence-electron chi connectivity index (χ0n) is 10.0. The highest BCUT2D eigenvalue weighted by atomic mass is 35.5. The predicted molar refractivity (Wildman–Crippen MR) is 66.4 cm³/mol. The van der Waals surface area contributed by atoms with Gasteiger partial charge in [0.2, 0.25) is 5.28 Å². The molecule has 1 aromatic carbocycles. The van der Waals surface area contributed by atoms with Gasteiger partial charge < -0.3 is 5.32 Å². The lowest BCUT2D eigenvalue weighted by atomic mass is 10.2. The molecule has 0 spiro atoms. The summed E-state index contributed by atoms with van der Waals surface area (Å²) in [5.41, 5.74) is -1.62. The summed E-state index contributed by atoms with van der Waals surface area (Å²) in [5.74, 6) is -1.11. The molecule has 0 aliphatic carbocycles. The topological polar surface area (TPSA) is 61.6 Å². The molecule has 0 amide bonds. The van der Waals surface area contributed by atoms with Gasteiger partial charge in [-0.15, -0.1) is 0 Å². The highest BCUT2D eigenvalue weighted by Gasteiger charge is 2.33. The molecule has 1 N–H and O–H groups in total. The fourth-order valence-electron chi connectivity index (χ4n) is 1.51. The van der Waals surface area contributed by atoms with E-state index in [1.54, 1.807) is 6.07 Å². The maximum absolute atomic E-state index is 13.4. The number of alkyl halides is 3. The Bertz CT molecular complexity index is 724. The van der Waals surface area contributed by atoms with Crippen molar-refractivity contribution in [1.82, 2.24) is 9.97 Å². The fourth-order valence-corrected chi connectivity index (χ4v) is 1.69. The molecule has 1 aromatic heterocycles. The summed E-state index contributed by atoms with van der Waals surface area (Å²) in [6.45, 7) is 0. The van der Waals surface area contributed by atoms with Crippen LogP contribution >= 0.6 is 11.6 Å². The van der Waals surface area contributed by atoms with E-state index in [0.29, 0.717) is 6.07 Å². The monoisotopic (exact) mass is 316 g/mol. The van der Waals surface area contributed by atoms with Gasteiger partial charge in [0.15, 0.2) is 5.69 Å². The minimum absolute atomic E-state index is 0.0274. The molecule has 108 valence electrons. The van der Waals surface area contributed by atoms with Gasteiger partial charge in [-0.25, -0.2) is 14.4 Å². The smallest absolute Gasteiger partial charge is 0.339 e. The Hall–Kier alpha value is -2.40. The molecule has 0 atom stereocenters. The first-order valence-corrected chi connectivity index (χ1v) is 5.76. The standard InChI is InChI=1S/C12H5ClF4N4/c13-11-20-9(12(15,16)17)4-10(21-11)19-8-3-1-2-7(14)6(8)5-18/h1-4H,(H,19,20,21). The van der Waals surface area contributed by atoms with Crippen LogP contribution in [0.2, 0.25) is 5.28 Å². The Morgan fingerprint density at radius 3 is 2.57 bits per heavy atom. The van der Waals surface area contributed by atoms with Crippen LogP contribution in [0.25, 0.3) is 0 Å². The highest BCUT2D eigenvalue weighted by molar-refractivity contribution is 6.28. The van der Waals surface area contributed by atoms with Gasteiger partial charge in [-0.3, -0.25) is 0 Å². The Morgan fingerprint density at radius 2 is 1.95 bits per heavy atom. The van der Waals surface area contributed by atoms with Gasteiger partial charge in [-0.05, 0) is 23.7 Å². The third-order valence-electron chi connectivity index (χ3n) is 2.38. The number of benzene rings is 1. The van der Waals surface area contributed by atoms with Crippen LogP contribution in [0.3, 0.4) is 0 Å². The summed E-state index contributed by atoms with van der Waals surface area (Å²) in [7, 11) is 0. The van der Waals surface area contributed by atoms with Gasteiger partial charge in [0.25, 0.3) is 0 Å². The van der Waals surface area contributed by atoms with Crippen LogP contribution in [0, 0.1) is 17.1 Å². The van der Waals surface area contributed by atoms with Crippen molar-refractivity contribution in [1.29, 1.82) is 5.26 Å². The first-order chi connectivity index (χ1) is 9.81. The van der Waals surface area contributed by atoms with Crippen molar-refractivity contribution in [2.75, 3.05) is 5.32 Å². The Kier molecular flexibility index (Phi) is 3.95. The van der Waals surface area contributed by atoms with Crippen molar-refractivity contribution in [2.24, 2.45) is 0 Å². The van der Waals surface area contributed by atoms with E-state index in [-0.39, 0.29) is 17.1 Å². The molecular formula is C12H5ClF4N4. The number of nitrogens with zero attached hydrogens (tertiary/aromatic N) is 3. The van der Waals surface area contributed by atoms with Crippen LogP contribution in [-0.2, 0) is 6.18 Å². The van der Waals surface area contributed by atoms with Crippen molar-refractivity contribution in [2.45, 2.75) is 6.18 Å². The summed E-state index contributed by atoms with van der Waals surface area (Å²) < 4.78 is 51.2. The average molecular weight is 317 g/mol. The van der Waals surface area contributed by atoms with E-state index in [4.69, 9.17) is 16.9 Å². The zero-order valence-corrected chi connectivity index (χ0v) is 10.8. The second-order valence-corrected chi connectivity index (χ2v) is 4.14. The maximum Gasteiger partial charge on any atom is 0.433 e. The van der Waals surface area contributed by atoms with Crippen LogP contribution in [-0.4, -0.2) is 9.97 Å². The van der Waals surface area contributed by atoms with Gasteiger partial charge in [-0.2, -0.15) is 18.4 Å². The molecule has 0 fully saturated rings. The Morgan fingerprint density at radius 1 is 1.24 bits per heavy atom. The SMILES string of the molecule is N#Cc1c(F)cccc1Nc1cc(C(F)(F)F)nc(Cl)n1. The van der Waals surface area contributed by atoms with E-state index in [2.05, 4.69) is 15.3 Å². The molecule has 0 radical (unpaired) electrons.